The first-order valence-corrected chi connectivity index (χ1v) is 6.36. The molecule has 2 aromatic rings. The minimum Gasteiger partial charge on any atom is -0.398 e. The minimum atomic E-state index is -0.367. The molecule has 0 atom stereocenters. The fourth-order valence-electron chi connectivity index (χ4n) is 2.01. The number of hydrogen-bond donors (Lipinski definition) is 1. The lowest BCUT2D eigenvalue weighted by Gasteiger charge is -2.27. The van der Waals surface area contributed by atoms with E-state index < -0.39 is 0 Å². The maximum Gasteiger partial charge on any atom is 0.184 e. The predicted octanol–water partition coefficient (Wildman–Crippen LogP) is 2.60. The fourth-order valence-corrected chi connectivity index (χ4v) is 2.01. The van der Waals surface area contributed by atoms with Crippen molar-refractivity contribution in [2.24, 2.45) is 0 Å². The molecular formula is C13H18FN5. The van der Waals surface area contributed by atoms with E-state index >= 15 is 0 Å². The summed E-state index contributed by atoms with van der Waals surface area (Å²) >= 11 is 0. The van der Waals surface area contributed by atoms with Gasteiger partial charge >= 0.3 is 0 Å². The Bertz CT molecular complexity index is 574. The third-order valence-corrected chi connectivity index (χ3v) is 3.76. The molecule has 2 rings (SSSR count). The van der Waals surface area contributed by atoms with Crippen molar-refractivity contribution in [2.75, 3.05) is 5.73 Å². The average molecular weight is 263 g/mol. The Morgan fingerprint density at radius 1 is 1.32 bits per heavy atom. The molecule has 5 nitrogen and oxygen atoms in total. The lowest BCUT2D eigenvalue weighted by Crippen LogP contribution is -2.30. The number of tetrazole rings is 1. The van der Waals surface area contributed by atoms with Crippen LogP contribution in [0.15, 0.2) is 18.2 Å². The summed E-state index contributed by atoms with van der Waals surface area (Å²) in [5.74, 6) is 0.206. The molecule has 19 heavy (non-hydrogen) atoms. The van der Waals surface area contributed by atoms with Crippen molar-refractivity contribution in [3.8, 4) is 11.4 Å². The molecule has 0 unspecified atom stereocenters. The highest BCUT2D eigenvalue weighted by molar-refractivity contribution is 5.71. The molecule has 0 saturated carbocycles. The van der Waals surface area contributed by atoms with Gasteiger partial charge in [-0.1, -0.05) is 13.8 Å². The van der Waals surface area contributed by atoms with E-state index in [-0.39, 0.29) is 11.4 Å². The smallest absolute Gasteiger partial charge is 0.184 e. The quantitative estimate of drug-likeness (QED) is 0.861. The molecule has 1 heterocycles. The first-order valence-electron chi connectivity index (χ1n) is 6.36. The van der Waals surface area contributed by atoms with Crippen molar-refractivity contribution >= 4 is 5.69 Å². The predicted molar refractivity (Wildman–Crippen MR) is 71.9 cm³/mol. The van der Waals surface area contributed by atoms with Gasteiger partial charge in [0, 0.05) is 11.3 Å². The van der Waals surface area contributed by atoms with Gasteiger partial charge in [0.2, 0.25) is 0 Å². The van der Waals surface area contributed by atoms with Crippen molar-refractivity contribution < 1.29 is 4.39 Å². The number of halogens is 1. The number of benzene rings is 1. The molecule has 0 radical (unpaired) electrons. The minimum absolute atomic E-state index is 0.181. The Morgan fingerprint density at radius 3 is 2.58 bits per heavy atom. The standard InChI is InChI=1S/C13H18FN5/c1-4-13(3,5-2)19-12(16-17-18-19)10-7-6-9(14)8-11(10)15/h6-8H,4-5,15H2,1-3H3. The van der Waals surface area contributed by atoms with Crippen LogP contribution in [0, 0.1) is 5.82 Å². The first-order chi connectivity index (χ1) is 9.01. The molecule has 102 valence electrons. The number of nitrogen functional groups attached to an aromatic ring is 1. The number of hydrogen-bond acceptors (Lipinski definition) is 4. The summed E-state index contributed by atoms with van der Waals surface area (Å²) in [4.78, 5) is 0. The SMILES string of the molecule is CCC(C)(CC)n1nnnc1-c1ccc(F)cc1N. The van der Waals surface area contributed by atoms with Crippen LogP contribution in [0.3, 0.4) is 0 Å². The summed E-state index contributed by atoms with van der Waals surface area (Å²) in [6.07, 6.45) is 1.78. The summed E-state index contributed by atoms with van der Waals surface area (Å²) in [5.41, 5.74) is 6.67. The molecule has 2 N–H and O–H groups in total. The zero-order chi connectivity index (χ0) is 14.0. The highest BCUT2D eigenvalue weighted by atomic mass is 19.1. The molecule has 0 saturated heterocycles. The Balaban J connectivity index is 2.56. The number of aromatic nitrogens is 4. The molecule has 0 spiro atoms. The van der Waals surface area contributed by atoms with Gasteiger partial charge in [-0.15, -0.1) is 5.10 Å². The van der Waals surface area contributed by atoms with Gasteiger partial charge in [-0.05, 0) is 48.4 Å². The molecule has 0 bridgehead atoms. The highest BCUT2D eigenvalue weighted by Gasteiger charge is 2.28. The number of nitrogens with two attached hydrogens (primary N) is 1. The topological polar surface area (TPSA) is 69.6 Å². The number of anilines is 1. The normalized spacial score (nSPS) is 11.8. The molecule has 6 heteroatoms. The van der Waals surface area contributed by atoms with Crippen LogP contribution in [0.2, 0.25) is 0 Å². The lowest BCUT2D eigenvalue weighted by molar-refractivity contribution is 0.262. The second kappa shape index (κ2) is 4.95. The van der Waals surface area contributed by atoms with Gasteiger partial charge in [0.1, 0.15) is 5.82 Å². The van der Waals surface area contributed by atoms with E-state index in [9.17, 15) is 4.39 Å². The van der Waals surface area contributed by atoms with Crippen molar-refractivity contribution in [1.29, 1.82) is 0 Å². The van der Waals surface area contributed by atoms with Crippen molar-refractivity contribution in [2.45, 2.75) is 39.2 Å². The van der Waals surface area contributed by atoms with E-state index in [2.05, 4.69) is 36.3 Å². The summed E-state index contributed by atoms with van der Waals surface area (Å²) in [7, 11) is 0. The van der Waals surface area contributed by atoms with Crippen LogP contribution in [-0.2, 0) is 5.54 Å². The van der Waals surface area contributed by atoms with Crippen LogP contribution in [0.25, 0.3) is 11.4 Å². The van der Waals surface area contributed by atoms with Crippen molar-refractivity contribution in [3.05, 3.63) is 24.0 Å². The van der Waals surface area contributed by atoms with E-state index in [1.54, 1.807) is 10.7 Å². The molecule has 0 aliphatic heterocycles. The van der Waals surface area contributed by atoms with E-state index in [1.807, 2.05) is 0 Å². The Hall–Kier alpha value is -1.98. The van der Waals surface area contributed by atoms with Gasteiger partial charge < -0.3 is 5.73 Å². The third-order valence-electron chi connectivity index (χ3n) is 3.76. The second-order valence-corrected chi connectivity index (χ2v) is 4.85. The van der Waals surface area contributed by atoms with Gasteiger partial charge in [0.15, 0.2) is 5.82 Å². The molecule has 1 aromatic carbocycles. The molecule has 0 amide bonds. The van der Waals surface area contributed by atoms with Crippen LogP contribution in [-0.4, -0.2) is 20.2 Å². The molecule has 0 aliphatic carbocycles. The maximum absolute atomic E-state index is 13.1. The summed E-state index contributed by atoms with van der Waals surface area (Å²) < 4.78 is 14.9. The second-order valence-electron chi connectivity index (χ2n) is 4.85. The Kier molecular flexibility index (Phi) is 3.50. The van der Waals surface area contributed by atoms with Gasteiger partial charge in [-0.25, -0.2) is 9.07 Å². The fraction of sp³-hybridized carbons (Fsp3) is 0.462. The maximum atomic E-state index is 13.1. The summed E-state index contributed by atoms with van der Waals surface area (Å²) in [6, 6.07) is 4.25. The van der Waals surface area contributed by atoms with Crippen molar-refractivity contribution in [3.63, 3.8) is 0 Å². The average Bonchev–Trinajstić information content (AvgIpc) is 2.87. The van der Waals surface area contributed by atoms with Crippen LogP contribution in [0.5, 0.6) is 0 Å². The largest absolute Gasteiger partial charge is 0.398 e. The molecule has 0 fully saturated rings. The monoisotopic (exact) mass is 263 g/mol. The summed E-state index contributed by atoms with van der Waals surface area (Å²) in [5, 5.41) is 11.9. The van der Waals surface area contributed by atoms with E-state index in [4.69, 9.17) is 5.73 Å². The molecular weight excluding hydrogens is 245 g/mol. The van der Waals surface area contributed by atoms with Gasteiger partial charge in [-0.2, -0.15) is 0 Å². The third kappa shape index (κ3) is 2.30. The Labute approximate surface area is 111 Å². The molecule has 0 aliphatic rings. The number of rotatable bonds is 4. The highest BCUT2D eigenvalue weighted by Crippen LogP contribution is 2.31. The zero-order valence-corrected chi connectivity index (χ0v) is 11.4. The van der Waals surface area contributed by atoms with Crippen LogP contribution >= 0.6 is 0 Å². The van der Waals surface area contributed by atoms with Crippen molar-refractivity contribution in [1.82, 2.24) is 20.2 Å². The van der Waals surface area contributed by atoms with Crippen LogP contribution in [0.1, 0.15) is 33.6 Å². The first kappa shape index (κ1) is 13.5. The van der Waals surface area contributed by atoms with E-state index in [0.717, 1.165) is 12.8 Å². The zero-order valence-electron chi connectivity index (χ0n) is 11.4. The Morgan fingerprint density at radius 2 is 2.00 bits per heavy atom. The molecule has 1 aromatic heterocycles. The van der Waals surface area contributed by atoms with Crippen LogP contribution in [0.4, 0.5) is 10.1 Å². The van der Waals surface area contributed by atoms with E-state index in [0.29, 0.717) is 17.1 Å². The van der Waals surface area contributed by atoms with Crippen LogP contribution < -0.4 is 5.73 Å². The lowest BCUT2D eigenvalue weighted by atomic mass is 9.95. The number of nitrogens with zero attached hydrogens (tertiary/aromatic N) is 4. The van der Waals surface area contributed by atoms with Gasteiger partial charge in [0.25, 0.3) is 0 Å². The summed E-state index contributed by atoms with van der Waals surface area (Å²) in [6.45, 7) is 6.26. The van der Waals surface area contributed by atoms with Gasteiger partial charge in [0.05, 0.1) is 5.54 Å². The van der Waals surface area contributed by atoms with E-state index in [1.165, 1.54) is 12.1 Å². The van der Waals surface area contributed by atoms with Gasteiger partial charge in [-0.3, -0.25) is 0 Å².